The van der Waals surface area contributed by atoms with Crippen LogP contribution in [0.2, 0.25) is 0 Å². The summed E-state index contributed by atoms with van der Waals surface area (Å²) in [5, 5.41) is 3.78. The normalized spacial score (nSPS) is 16.1. The Hall–Kier alpha value is -2.21. The van der Waals surface area contributed by atoms with E-state index in [1.54, 1.807) is 0 Å². The molecule has 0 atom stereocenters. The molecule has 1 amide bonds. The monoisotopic (exact) mass is 286 g/mol. The quantitative estimate of drug-likeness (QED) is 0.925. The van der Waals surface area contributed by atoms with Crippen LogP contribution in [0.4, 0.5) is 0 Å². The minimum Gasteiger partial charge on any atom is -0.342 e. The third-order valence-electron chi connectivity index (χ3n) is 3.99. The summed E-state index contributed by atoms with van der Waals surface area (Å²) >= 11 is 0. The Kier molecular flexibility index (Phi) is 3.96. The van der Waals surface area contributed by atoms with Crippen LogP contribution in [0, 0.1) is 5.92 Å². The molecule has 1 aromatic carbocycles. The van der Waals surface area contributed by atoms with Gasteiger partial charge in [-0.25, -0.2) is 0 Å². The first kappa shape index (κ1) is 13.8. The van der Waals surface area contributed by atoms with Gasteiger partial charge >= 0.3 is 0 Å². The van der Waals surface area contributed by atoms with E-state index in [-0.39, 0.29) is 5.91 Å². The largest absolute Gasteiger partial charge is 0.342 e. The lowest BCUT2D eigenvalue weighted by Gasteiger charge is -2.31. The fourth-order valence-electron chi connectivity index (χ4n) is 2.61. The molecule has 1 fully saturated rings. The predicted molar refractivity (Wildman–Crippen MR) is 77.4 cm³/mol. The number of rotatable bonds is 3. The molecule has 1 aliphatic rings. The van der Waals surface area contributed by atoms with Gasteiger partial charge in [-0.3, -0.25) is 4.79 Å². The molecule has 0 spiro atoms. The van der Waals surface area contributed by atoms with Crippen molar-refractivity contribution in [2.45, 2.75) is 12.8 Å². The summed E-state index contributed by atoms with van der Waals surface area (Å²) in [6, 6.07) is 7.29. The molecular formula is C15H18N4O2. The average molecular weight is 286 g/mol. The number of piperidine rings is 1. The van der Waals surface area contributed by atoms with E-state index >= 15 is 0 Å². The molecule has 0 aliphatic carbocycles. The summed E-state index contributed by atoms with van der Waals surface area (Å²) in [6.07, 6.45) is 3.27. The van der Waals surface area contributed by atoms with Crippen LogP contribution in [0.1, 0.15) is 23.2 Å². The molecule has 1 aromatic heterocycles. The highest BCUT2D eigenvalue weighted by atomic mass is 16.5. The molecule has 3 rings (SSSR count). The van der Waals surface area contributed by atoms with E-state index < -0.39 is 0 Å². The highest BCUT2D eigenvalue weighted by Gasteiger charge is 2.22. The maximum Gasteiger partial charge on any atom is 0.253 e. The topological polar surface area (TPSA) is 85.2 Å². The highest BCUT2D eigenvalue weighted by Crippen LogP contribution is 2.20. The number of benzene rings is 1. The molecular weight excluding hydrogens is 268 g/mol. The van der Waals surface area contributed by atoms with Gasteiger partial charge in [0.05, 0.1) is 0 Å². The zero-order valence-corrected chi connectivity index (χ0v) is 11.7. The van der Waals surface area contributed by atoms with Crippen molar-refractivity contribution in [3.05, 3.63) is 36.2 Å². The van der Waals surface area contributed by atoms with Crippen LogP contribution in [0.15, 0.2) is 35.2 Å². The third-order valence-corrected chi connectivity index (χ3v) is 3.99. The van der Waals surface area contributed by atoms with E-state index in [2.05, 4.69) is 10.1 Å². The Bertz CT molecular complexity index is 587. The summed E-state index contributed by atoms with van der Waals surface area (Å²) in [5.74, 6) is 1.15. The standard InChI is InChI=1S/C15H18N4O2/c16-9-11-5-7-19(8-6-11)15(20)13-3-1-12(2-4-13)14-17-10-21-18-14/h1-4,10-11H,5-9,16H2. The van der Waals surface area contributed by atoms with Crippen LogP contribution in [0.3, 0.4) is 0 Å². The van der Waals surface area contributed by atoms with E-state index in [0.717, 1.165) is 31.5 Å². The van der Waals surface area contributed by atoms with Crippen LogP contribution in [-0.2, 0) is 0 Å². The summed E-state index contributed by atoms with van der Waals surface area (Å²) in [6.45, 7) is 2.28. The summed E-state index contributed by atoms with van der Waals surface area (Å²) in [7, 11) is 0. The molecule has 6 heteroatoms. The summed E-state index contributed by atoms with van der Waals surface area (Å²) < 4.78 is 4.72. The second kappa shape index (κ2) is 6.05. The molecule has 2 N–H and O–H groups in total. The molecule has 0 unspecified atom stereocenters. The van der Waals surface area contributed by atoms with Gasteiger partial charge in [0.25, 0.3) is 5.91 Å². The molecule has 110 valence electrons. The van der Waals surface area contributed by atoms with Gasteiger partial charge in [-0.2, -0.15) is 4.98 Å². The van der Waals surface area contributed by atoms with Gasteiger partial charge in [-0.15, -0.1) is 0 Å². The molecule has 1 aliphatic heterocycles. The zero-order valence-electron chi connectivity index (χ0n) is 11.7. The minimum absolute atomic E-state index is 0.0742. The van der Waals surface area contributed by atoms with Crippen molar-refractivity contribution >= 4 is 5.91 Å². The van der Waals surface area contributed by atoms with Crippen LogP contribution in [0.25, 0.3) is 11.4 Å². The smallest absolute Gasteiger partial charge is 0.253 e. The van der Waals surface area contributed by atoms with Gasteiger partial charge in [-0.05, 0) is 37.4 Å². The van der Waals surface area contributed by atoms with Gasteiger partial charge in [0.1, 0.15) is 0 Å². The number of hydrogen-bond donors (Lipinski definition) is 1. The van der Waals surface area contributed by atoms with Crippen LogP contribution < -0.4 is 5.73 Å². The number of amides is 1. The second-order valence-electron chi connectivity index (χ2n) is 5.30. The van der Waals surface area contributed by atoms with Gasteiger partial charge in [0.2, 0.25) is 12.2 Å². The number of carbonyl (C=O) groups excluding carboxylic acids is 1. The van der Waals surface area contributed by atoms with Crippen molar-refractivity contribution in [3.8, 4) is 11.4 Å². The number of nitrogens with zero attached hydrogens (tertiary/aromatic N) is 3. The predicted octanol–water partition coefficient (Wildman–Crippen LogP) is 1.55. The van der Waals surface area contributed by atoms with Crippen molar-refractivity contribution in [3.63, 3.8) is 0 Å². The van der Waals surface area contributed by atoms with Crippen molar-refractivity contribution in [1.82, 2.24) is 15.0 Å². The summed E-state index contributed by atoms with van der Waals surface area (Å²) in [4.78, 5) is 18.3. The maximum absolute atomic E-state index is 12.4. The molecule has 2 heterocycles. The van der Waals surface area contributed by atoms with Gasteiger partial charge in [0, 0.05) is 24.2 Å². The second-order valence-corrected chi connectivity index (χ2v) is 5.30. The average Bonchev–Trinajstić information content (AvgIpc) is 3.09. The molecule has 21 heavy (non-hydrogen) atoms. The number of aromatic nitrogens is 2. The molecule has 0 saturated carbocycles. The van der Waals surface area contributed by atoms with E-state index in [9.17, 15) is 4.79 Å². The first-order chi connectivity index (χ1) is 10.3. The highest BCUT2D eigenvalue weighted by molar-refractivity contribution is 5.94. The van der Waals surface area contributed by atoms with Crippen molar-refractivity contribution in [2.75, 3.05) is 19.6 Å². The molecule has 0 bridgehead atoms. The zero-order chi connectivity index (χ0) is 14.7. The first-order valence-corrected chi connectivity index (χ1v) is 7.14. The van der Waals surface area contributed by atoms with Crippen molar-refractivity contribution in [2.24, 2.45) is 11.7 Å². The van der Waals surface area contributed by atoms with E-state index in [1.807, 2.05) is 29.2 Å². The fraction of sp³-hybridized carbons (Fsp3) is 0.400. The molecule has 1 saturated heterocycles. The van der Waals surface area contributed by atoms with Gasteiger partial charge < -0.3 is 15.2 Å². The van der Waals surface area contributed by atoms with Crippen LogP contribution in [-0.4, -0.2) is 40.6 Å². The Morgan fingerprint density at radius 1 is 1.29 bits per heavy atom. The Morgan fingerprint density at radius 2 is 2.00 bits per heavy atom. The van der Waals surface area contributed by atoms with Crippen LogP contribution >= 0.6 is 0 Å². The Morgan fingerprint density at radius 3 is 2.57 bits per heavy atom. The molecule has 2 aromatic rings. The number of likely N-dealkylation sites (tertiary alicyclic amines) is 1. The van der Waals surface area contributed by atoms with Crippen LogP contribution in [0.5, 0.6) is 0 Å². The Balaban J connectivity index is 1.68. The number of carbonyl (C=O) groups is 1. The lowest BCUT2D eigenvalue weighted by Crippen LogP contribution is -2.40. The van der Waals surface area contributed by atoms with Crippen molar-refractivity contribution in [1.29, 1.82) is 0 Å². The summed E-state index contributed by atoms with van der Waals surface area (Å²) in [5.41, 5.74) is 7.20. The lowest BCUT2D eigenvalue weighted by atomic mass is 9.96. The van der Waals surface area contributed by atoms with E-state index in [1.165, 1.54) is 6.39 Å². The van der Waals surface area contributed by atoms with E-state index in [4.69, 9.17) is 10.3 Å². The van der Waals surface area contributed by atoms with Gasteiger partial charge in [0.15, 0.2) is 0 Å². The Labute approximate surface area is 122 Å². The van der Waals surface area contributed by atoms with Crippen molar-refractivity contribution < 1.29 is 9.32 Å². The number of nitrogens with two attached hydrogens (primary N) is 1. The molecule has 0 radical (unpaired) electrons. The fourth-order valence-corrected chi connectivity index (χ4v) is 2.61. The van der Waals surface area contributed by atoms with Gasteiger partial charge in [-0.1, -0.05) is 17.3 Å². The minimum atomic E-state index is 0.0742. The first-order valence-electron chi connectivity index (χ1n) is 7.14. The van der Waals surface area contributed by atoms with E-state index in [0.29, 0.717) is 23.9 Å². The maximum atomic E-state index is 12.4. The number of hydrogen-bond acceptors (Lipinski definition) is 5. The lowest BCUT2D eigenvalue weighted by molar-refractivity contribution is 0.0693. The third kappa shape index (κ3) is 2.95. The SMILES string of the molecule is NCC1CCN(C(=O)c2ccc(-c3ncon3)cc2)CC1. The molecule has 6 nitrogen and oxygen atoms in total.